The quantitative estimate of drug-likeness (QED) is 0.570. The molecule has 1 atom stereocenters. The van der Waals surface area contributed by atoms with Crippen LogP contribution in [0.5, 0.6) is 0 Å². The summed E-state index contributed by atoms with van der Waals surface area (Å²) < 4.78 is 29.3. The van der Waals surface area contributed by atoms with E-state index in [9.17, 15) is 13.2 Å². The molecule has 0 spiro atoms. The largest absolute Gasteiger partial charge is 0.411 e. The Morgan fingerprint density at radius 3 is 2.93 bits per heavy atom. The van der Waals surface area contributed by atoms with Crippen molar-refractivity contribution in [2.24, 2.45) is 0 Å². The lowest BCUT2D eigenvalue weighted by molar-refractivity contribution is -0.130. The Kier molecular flexibility index (Phi) is 5.64. The molecule has 0 bridgehead atoms. The summed E-state index contributed by atoms with van der Waals surface area (Å²) in [5, 5.41) is 9.45. The monoisotopic (exact) mass is 434 g/mol. The number of aromatic amines is 1. The van der Waals surface area contributed by atoms with Crippen molar-refractivity contribution in [1.29, 1.82) is 0 Å². The smallest absolute Gasteiger partial charge is 0.277 e. The first kappa shape index (κ1) is 20.0. The molecule has 1 aliphatic heterocycles. The van der Waals surface area contributed by atoms with Crippen molar-refractivity contribution in [3.8, 4) is 11.5 Å². The summed E-state index contributed by atoms with van der Waals surface area (Å²) in [6.07, 6.45) is 3.10. The number of fused-ring (bicyclic) bond motifs is 1. The van der Waals surface area contributed by atoms with Crippen molar-refractivity contribution < 1.29 is 17.6 Å². The molecule has 3 heterocycles. The van der Waals surface area contributed by atoms with E-state index in [0.717, 1.165) is 22.9 Å². The molecule has 4 rings (SSSR count). The zero-order valence-corrected chi connectivity index (χ0v) is 17.6. The van der Waals surface area contributed by atoms with E-state index in [1.165, 1.54) is 11.8 Å². The minimum atomic E-state index is -3.04. The fourth-order valence-electron chi connectivity index (χ4n) is 3.60. The molecule has 154 valence electrons. The number of carbonyl (C=O) groups excluding carboxylic acids is 1. The van der Waals surface area contributed by atoms with E-state index >= 15 is 0 Å². The van der Waals surface area contributed by atoms with E-state index in [4.69, 9.17) is 4.42 Å². The minimum Gasteiger partial charge on any atom is -0.411 e. The summed E-state index contributed by atoms with van der Waals surface area (Å²) in [7, 11) is -3.04. The van der Waals surface area contributed by atoms with Gasteiger partial charge in [-0.25, -0.2) is 8.42 Å². The van der Waals surface area contributed by atoms with Crippen LogP contribution in [0.2, 0.25) is 0 Å². The topological polar surface area (TPSA) is 109 Å². The highest BCUT2D eigenvalue weighted by Gasteiger charge is 2.34. The van der Waals surface area contributed by atoms with E-state index in [2.05, 4.69) is 15.2 Å². The van der Waals surface area contributed by atoms with Gasteiger partial charge in [0.1, 0.15) is 0 Å². The molecule has 1 fully saturated rings. The lowest BCUT2D eigenvalue weighted by atomic mass is 10.2. The van der Waals surface area contributed by atoms with Gasteiger partial charge in [-0.05, 0) is 18.9 Å². The number of nitrogens with zero attached hydrogens (tertiary/aromatic N) is 3. The SMILES string of the molecule is CCCN(C(=O)CSc1nnc(-c2c[nH]c3ccccc23)o1)[C@H]1CCS(=O)(=O)C1. The highest BCUT2D eigenvalue weighted by atomic mass is 32.2. The lowest BCUT2D eigenvalue weighted by Crippen LogP contribution is -2.42. The van der Waals surface area contributed by atoms with Gasteiger partial charge >= 0.3 is 0 Å². The number of benzene rings is 1. The van der Waals surface area contributed by atoms with Gasteiger partial charge in [0.05, 0.1) is 22.8 Å². The first-order valence-electron chi connectivity index (χ1n) is 9.49. The first-order valence-corrected chi connectivity index (χ1v) is 12.3. The van der Waals surface area contributed by atoms with Gasteiger partial charge in [-0.15, -0.1) is 10.2 Å². The number of amides is 1. The third-order valence-corrected chi connectivity index (χ3v) is 7.53. The Labute approximate surface area is 173 Å². The Balaban J connectivity index is 1.43. The van der Waals surface area contributed by atoms with E-state index in [-0.39, 0.29) is 29.2 Å². The number of sulfone groups is 1. The molecule has 10 heteroatoms. The fraction of sp³-hybridized carbons (Fsp3) is 0.421. The van der Waals surface area contributed by atoms with Crippen LogP contribution in [0.25, 0.3) is 22.4 Å². The Bertz CT molecular complexity index is 1120. The molecule has 1 N–H and O–H groups in total. The van der Waals surface area contributed by atoms with Crippen LogP contribution in [0.1, 0.15) is 19.8 Å². The molecule has 0 radical (unpaired) electrons. The maximum atomic E-state index is 12.7. The predicted octanol–water partition coefficient (Wildman–Crippen LogP) is 2.74. The van der Waals surface area contributed by atoms with Gasteiger partial charge in [-0.3, -0.25) is 4.79 Å². The summed E-state index contributed by atoms with van der Waals surface area (Å²) in [6.45, 7) is 2.52. The molecule has 1 aliphatic rings. The number of hydrogen-bond donors (Lipinski definition) is 1. The molecule has 1 amide bonds. The molecule has 0 unspecified atom stereocenters. The molecular weight excluding hydrogens is 412 g/mol. The Hall–Kier alpha value is -2.33. The van der Waals surface area contributed by atoms with Crippen LogP contribution in [0.4, 0.5) is 0 Å². The number of rotatable bonds is 7. The maximum Gasteiger partial charge on any atom is 0.277 e. The molecule has 0 saturated carbocycles. The zero-order chi connectivity index (χ0) is 20.4. The van der Waals surface area contributed by atoms with E-state index < -0.39 is 9.84 Å². The highest BCUT2D eigenvalue weighted by molar-refractivity contribution is 7.99. The lowest BCUT2D eigenvalue weighted by Gasteiger charge is -2.27. The van der Waals surface area contributed by atoms with Crippen molar-refractivity contribution in [1.82, 2.24) is 20.1 Å². The molecule has 2 aromatic heterocycles. The number of nitrogens with one attached hydrogen (secondary N) is 1. The van der Waals surface area contributed by atoms with E-state index in [1.807, 2.05) is 37.4 Å². The van der Waals surface area contributed by atoms with E-state index in [1.54, 1.807) is 4.90 Å². The average molecular weight is 435 g/mol. The molecule has 0 aliphatic carbocycles. The number of para-hydroxylation sites is 1. The summed E-state index contributed by atoms with van der Waals surface area (Å²) in [4.78, 5) is 17.6. The first-order chi connectivity index (χ1) is 14.0. The van der Waals surface area contributed by atoms with Crippen LogP contribution in [0.3, 0.4) is 0 Å². The molecule has 1 saturated heterocycles. The van der Waals surface area contributed by atoms with Crippen LogP contribution in [-0.4, -0.2) is 64.3 Å². The highest BCUT2D eigenvalue weighted by Crippen LogP contribution is 2.29. The molecule has 1 aromatic carbocycles. The number of aromatic nitrogens is 3. The average Bonchev–Trinajstić information content (AvgIpc) is 3.41. The van der Waals surface area contributed by atoms with Gasteiger partial charge in [0.25, 0.3) is 11.1 Å². The predicted molar refractivity (Wildman–Crippen MR) is 111 cm³/mol. The van der Waals surface area contributed by atoms with Crippen molar-refractivity contribution >= 4 is 38.4 Å². The van der Waals surface area contributed by atoms with Gasteiger partial charge in [-0.1, -0.05) is 36.9 Å². The normalized spacial score (nSPS) is 18.3. The van der Waals surface area contributed by atoms with Crippen molar-refractivity contribution in [3.63, 3.8) is 0 Å². The molecule has 29 heavy (non-hydrogen) atoms. The second kappa shape index (κ2) is 8.19. The van der Waals surface area contributed by atoms with Crippen LogP contribution in [0, 0.1) is 0 Å². The van der Waals surface area contributed by atoms with Gasteiger partial charge in [0, 0.05) is 29.7 Å². The summed E-state index contributed by atoms with van der Waals surface area (Å²) >= 11 is 1.17. The third kappa shape index (κ3) is 4.32. The van der Waals surface area contributed by atoms with Crippen molar-refractivity contribution in [2.45, 2.75) is 31.0 Å². The number of carbonyl (C=O) groups is 1. The van der Waals surface area contributed by atoms with E-state index in [0.29, 0.717) is 24.1 Å². The fourth-order valence-corrected chi connectivity index (χ4v) is 5.98. The van der Waals surface area contributed by atoms with Crippen LogP contribution < -0.4 is 0 Å². The summed E-state index contributed by atoms with van der Waals surface area (Å²) in [5.41, 5.74) is 1.79. The Morgan fingerprint density at radius 1 is 1.34 bits per heavy atom. The number of H-pyrrole nitrogens is 1. The van der Waals surface area contributed by atoms with Crippen LogP contribution in [0.15, 0.2) is 40.1 Å². The second-order valence-electron chi connectivity index (χ2n) is 7.05. The molecule has 3 aromatic rings. The molecule has 8 nitrogen and oxygen atoms in total. The van der Waals surface area contributed by atoms with Gasteiger partial charge in [0.15, 0.2) is 9.84 Å². The van der Waals surface area contributed by atoms with Gasteiger partial charge in [-0.2, -0.15) is 0 Å². The Morgan fingerprint density at radius 2 is 2.17 bits per heavy atom. The number of hydrogen-bond acceptors (Lipinski definition) is 7. The second-order valence-corrected chi connectivity index (χ2v) is 10.2. The zero-order valence-electron chi connectivity index (χ0n) is 16.0. The maximum absolute atomic E-state index is 12.7. The van der Waals surface area contributed by atoms with Crippen molar-refractivity contribution in [3.05, 3.63) is 30.5 Å². The van der Waals surface area contributed by atoms with Crippen molar-refractivity contribution in [2.75, 3.05) is 23.8 Å². The minimum absolute atomic E-state index is 0.0503. The summed E-state index contributed by atoms with van der Waals surface area (Å²) in [5.74, 6) is 0.618. The standard InChI is InChI=1S/C19H22N4O4S2/c1-2-8-23(13-7-9-29(25,26)12-13)17(24)11-28-19-22-21-18(27-19)15-10-20-16-6-4-3-5-14(15)16/h3-6,10,13,20H,2,7-9,11-12H2,1H3/t13-/m0/s1. The molecular formula is C19H22N4O4S2. The van der Waals surface area contributed by atoms with Crippen LogP contribution in [-0.2, 0) is 14.6 Å². The number of thioether (sulfide) groups is 1. The third-order valence-electron chi connectivity index (χ3n) is 4.98. The van der Waals surface area contributed by atoms with Gasteiger partial charge < -0.3 is 14.3 Å². The summed E-state index contributed by atoms with van der Waals surface area (Å²) in [6, 6.07) is 7.59. The van der Waals surface area contributed by atoms with Crippen LogP contribution >= 0.6 is 11.8 Å². The van der Waals surface area contributed by atoms with Gasteiger partial charge in [0.2, 0.25) is 5.91 Å².